The van der Waals surface area contributed by atoms with Gasteiger partial charge < -0.3 is 0 Å². The molecule has 0 saturated heterocycles. The quantitative estimate of drug-likeness (QED) is 0.725. The molecule has 0 N–H and O–H groups in total. The Kier molecular flexibility index (Phi) is 6.05. The monoisotopic (exact) mass is 234 g/mol. The Morgan fingerprint density at radius 3 is 1.44 bits per heavy atom. The van der Waals surface area contributed by atoms with Crippen molar-refractivity contribution in [3.63, 3.8) is 0 Å². The minimum absolute atomic E-state index is 0.361. The Balaban J connectivity index is 2.91. The van der Waals surface area contributed by atoms with Crippen LogP contribution in [0, 0.1) is 0 Å². The molecule has 0 atom stereocenters. The van der Waals surface area contributed by atoms with Gasteiger partial charge in [0.2, 0.25) is 0 Å². The van der Waals surface area contributed by atoms with Crippen molar-refractivity contribution >= 4 is 23.8 Å². The summed E-state index contributed by atoms with van der Waals surface area (Å²) < 4.78 is 10.7. The van der Waals surface area contributed by atoms with Crippen LogP contribution < -0.4 is 0 Å². The molecule has 0 fully saturated rings. The van der Waals surface area contributed by atoms with E-state index in [4.69, 9.17) is 5.71 Å². The van der Waals surface area contributed by atoms with Gasteiger partial charge >= 0.3 is 69.4 Å². The standard InChI is InChI=1S/2C3H7O.In.H/c2*1-3(2)4;;/h2*3H,1-2H3;;/q2*-1;+2;. The van der Waals surface area contributed by atoms with Crippen molar-refractivity contribution in [2.24, 2.45) is 0 Å². The zero-order chi connectivity index (χ0) is 7.28. The van der Waals surface area contributed by atoms with Crippen LogP contribution >= 0.6 is 0 Å². The van der Waals surface area contributed by atoms with Gasteiger partial charge in [-0.05, 0) is 0 Å². The molecule has 0 radical (unpaired) electrons. The van der Waals surface area contributed by atoms with Crippen molar-refractivity contribution in [2.75, 3.05) is 0 Å². The fourth-order valence-electron chi connectivity index (χ4n) is 0.311. The molecule has 0 bridgehead atoms. The Labute approximate surface area is 69.5 Å². The molecule has 0 rings (SSSR count). The van der Waals surface area contributed by atoms with E-state index in [2.05, 4.69) is 0 Å². The molecule has 54 valence electrons. The molecule has 0 unspecified atom stereocenters. The molecule has 0 heterocycles. The van der Waals surface area contributed by atoms with Crippen molar-refractivity contribution in [2.45, 2.75) is 39.9 Å². The van der Waals surface area contributed by atoms with E-state index in [-0.39, 0.29) is 0 Å². The maximum atomic E-state index is 5.34. The van der Waals surface area contributed by atoms with E-state index in [9.17, 15) is 0 Å². The fourth-order valence-corrected chi connectivity index (χ4v) is 2.09. The molecular formula is C6H15InO2. The zero-order valence-electron chi connectivity index (χ0n) is 6.68. The SMILES string of the molecule is CC(C)[O][InH][O]C(C)C. The second-order valence-electron chi connectivity index (χ2n) is 2.55. The average Bonchev–Trinajstić information content (AvgIpc) is 1.63. The van der Waals surface area contributed by atoms with Crippen molar-refractivity contribution in [1.82, 2.24) is 0 Å². The summed E-state index contributed by atoms with van der Waals surface area (Å²) in [5, 5.41) is 0. The minimum atomic E-state index is -1.24. The Hall–Kier alpha value is 0.790. The predicted molar refractivity (Wildman–Crippen MR) is 39.6 cm³/mol. The van der Waals surface area contributed by atoms with E-state index in [1.807, 2.05) is 27.7 Å². The molecule has 0 aliphatic carbocycles. The van der Waals surface area contributed by atoms with Crippen molar-refractivity contribution in [3.05, 3.63) is 0 Å². The van der Waals surface area contributed by atoms with Gasteiger partial charge in [0, 0.05) is 0 Å². The third kappa shape index (κ3) is 8.79. The van der Waals surface area contributed by atoms with Gasteiger partial charge in [-0.3, -0.25) is 0 Å². The normalized spacial score (nSPS) is 10.9. The fraction of sp³-hybridized carbons (Fsp3) is 1.00. The van der Waals surface area contributed by atoms with Crippen LogP contribution in [0.5, 0.6) is 0 Å². The summed E-state index contributed by atoms with van der Waals surface area (Å²) in [6, 6.07) is 0. The Morgan fingerprint density at radius 1 is 0.889 bits per heavy atom. The summed E-state index contributed by atoms with van der Waals surface area (Å²) in [6.07, 6.45) is 0.721. The van der Waals surface area contributed by atoms with Crippen LogP contribution in [0.15, 0.2) is 0 Å². The van der Waals surface area contributed by atoms with Gasteiger partial charge in [-0.15, -0.1) is 0 Å². The molecule has 0 aromatic carbocycles. The molecule has 0 amide bonds. The van der Waals surface area contributed by atoms with E-state index in [1.54, 1.807) is 0 Å². The summed E-state index contributed by atoms with van der Waals surface area (Å²) in [4.78, 5) is 0. The van der Waals surface area contributed by atoms with Gasteiger partial charge in [0.1, 0.15) is 0 Å². The second kappa shape index (κ2) is 5.57. The van der Waals surface area contributed by atoms with Gasteiger partial charge in [0.05, 0.1) is 0 Å². The van der Waals surface area contributed by atoms with Crippen LogP contribution in [0.3, 0.4) is 0 Å². The van der Waals surface area contributed by atoms with Gasteiger partial charge in [-0.25, -0.2) is 0 Å². The number of hydrogen-bond donors (Lipinski definition) is 0. The summed E-state index contributed by atoms with van der Waals surface area (Å²) in [6.45, 7) is 8.17. The van der Waals surface area contributed by atoms with Crippen LogP contribution in [0.2, 0.25) is 0 Å². The molecule has 0 saturated carbocycles. The van der Waals surface area contributed by atoms with E-state index in [0.29, 0.717) is 12.2 Å². The molecule has 0 aliphatic heterocycles. The van der Waals surface area contributed by atoms with Crippen LogP contribution in [0.25, 0.3) is 0 Å². The van der Waals surface area contributed by atoms with Gasteiger partial charge in [-0.2, -0.15) is 0 Å². The Bertz CT molecular complexity index is 56.1. The predicted octanol–water partition coefficient (Wildman–Crippen LogP) is 1.10. The third-order valence-corrected chi connectivity index (χ3v) is 5.39. The summed E-state index contributed by atoms with van der Waals surface area (Å²) >= 11 is -1.24. The molecular weight excluding hydrogens is 219 g/mol. The van der Waals surface area contributed by atoms with E-state index in [1.165, 1.54) is 0 Å². The van der Waals surface area contributed by atoms with E-state index in [0.717, 1.165) is 0 Å². The van der Waals surface area contributed by atoms with Crippen molar-refractivity contribution < 1.29 is 5.71 Å². The summed E-state index contributed by atoms with van der Waals surface area (Å²) in [5.41, 5.74) is 0. The van der Waals surface area contributed by atoms with Crippen LogP contribution in [-0.2, 0) is 5.71 Å². The van der Waals surface area contributed by atoms with Crippen LogP contribution in [0.1, 0.15) is 27.7 Å². The topological polar surface area (TPSA) is 18.5 Å². The maximum absolute atomic E-state index is 5.34. The molecule has 3 heteroatoms. The third-order valence-electron chi connectivity index (χ3n) is 0.803. The average molecular weight is 234 g/mol. The van der Waals surface area contributed by atoms with E-state index >= 15 is 0 Å². The number of rotatable bonds is 4. The Morgan fingerprint density at radius 2 is 1.22 bits per heavy atom. The van der Waals surface area contributed by atoms with Gasteiger partial charge in [-0.1, -0.05) is 0 Å². The number of hydrogen-bond acceptors (Lipinski definition) is 2. The van der Waals surface area contributed by atoms with Crippen molar-refractivity contribution in [3.8, 4) is 0 Å². The molecule has 0 spiro atoms. The van der Waals surface area contributed by atoms with Gasteiger partial charge in [0.25, 0.3) is 0 Å². The molecule has 0 aliphatic rings. The molecule has 0 aromatic heterocycles. The van der Waals surface area contributed by atoms with Crippen molar-refractivity contribution in [1.29, 1.82) is 0 Å². The van der Waals surface area contributed by atoms with E-state index < -0.39 is 23.8 Å². The first-order valence-corrected chi connectivity index (χ1v) is 6.65. The van der Waals surface area contributed by atoms with Gasteiger partial charge in [0.15, 0.2) is 0 Å². The second-order valence-corrected chi connectivity index (χ2v) is 5.12. The first-order chi connectivity index (χ1) is 4.13. The molecule has 9 heavy (non-hydrogen) atoms. The first-order valence-electron chi connectivity index (χ1n) is 3.36. The van der Waals surface area contributed by atoms with Crippen LogP contribution in [0.4, 0.5) is 0 Å². The zero-order valence-corrected chi connectivity index (χ0v) is 10.7. The summed E-state index contributed by atoms with van der Waals surface area (Å²) in [5.74, 6) is 0. The molecule has 0 aromatic rings. The first kappa shape index (κ1) is 9.79. The molecule has 2 nitrogen and oxygen atoms in total. The summed E-state index contributed by atoms with van der Waals surface area (Å²) in [7, 11) is 0. The van der Waals surface area contributed by atoms with Crippen LogP contribution in [-0.4, -0.2) is 36.0 Å².